The quantitative estimate of drug-likeness (QED) is 0.343. The highest BCUT2D eigenvalue weighted by atomic mass is 16.7. The molecule has 0 bridgehead atoms. The summed E-state index contributed by atoms with van der Waals surface area (Å²) in [7, 11) is 0. The van der Waals surface area contributed by atoms with Crippen molar-refractivity contribution >= 4 is 11.8 Å². The van der Waals surface area contributed by atoms with Gasteiger partial charge in [0.25, 0.3) is 11.8 Å². The lowest BCUT2D eigenvalue weighted by molar-refractivity contribution is -0.717. The minimum Gasteiger partial charge on any atom is -0.569 e. The number of benzene rings is 1. The first-order valence-corrected chi connectivity index (χ1v) is 7.10. The van der Waals surface area contributed by atoms with Gasteiger partial charge in [-0.05, 0) is 26.0 Å². The van der Waals surface area contributed by atoms with Gasteiger partial charge in [0.15, 0.2) is 0 Å². The van der Waals surface area contributed by atoms with E-state index in [9.17, 15) is 14.8 Å². The van der Waals surface area contributed by atoms with Gasteiger partial charge in [0.2, 0.25) is 12.0 Å². The number of aliphatic hydroxyl groups excluding tert-OH is 1. The SMILES string of the molecule is CC(C)N(CCO)[N+]([O-])=NOCN1C(=O)c2ccccc2C1=O. The van der Waals surface area contributed by atoms with Crippen LogP contribution in [0.5, 0.6) is 0 Å². The molecule has 23 heavy (non-hydrogen) atoms. The summed E-state index contributed by atoms with van der Waals surface area (Å²) in [5.74, 6) is -0.983. The summed E-state index contributed by atoms with van der Waals surface area (Å²) in [4.78, 5) is 30.0. The van der Waals surface area contributed by atoms with Gasteiger partial charge in [-0.25, -0.2) is 4.90 Å². The molecule has 1 aromatic carbocycles. The van der Waals surface area contributed by atoms with Crippen molar-refractivity contribution < 1.29 is 24.5 Å². The topological polar surface area (TPSA) is 109 Å². The van der Waals surface area contributed by atoms with Crippen LogP contribution in [0.1, 0.15) is 34.6 Å². The molecule has 0 fully saturated rings. The van der Waals surface area contributed by atoms with Gasteiger partial charge in [-0.3, -0.25) is 9.59 Å². The molecule has 1 aromatic rings. The van der Waals surface area contributed by atoms with E-state index in [-0.39, 0.29) is 24.2 Å². The molecule has 0 saturated carbocycles. The van der Waals surface area contributed by atoms with Crippen LogP contribution in [0.2, 0.25) is 0 Å². The molecule has 9 nitrogen and oxygen atoms in total. The summed E-state index contributed by atoms with van der Waals surface area (Å²) < 4.78 is 0. The fraction of sp³-hybridized carbons (Fsp3) is 0.429. The fourth-order valence-corrected chi connectivity index (χ4v) is 2.18. The van der Waals surface area contributed by atoms with Gasteiger partial charge >= 0.3 is 0 Å². The maximum absolute atomic E-state index is 12.1. The van der Waals surface area contributed by atoms with E-state index in [1.54, 1.807) is 38.1 Å². The number of carbonyl (C=O) groups excluding carboxylic acids is 2. The maximum atomic E-state index is 12.1. The smallest absolute Gasteiger partial charge is 0.264 e. The number of amides is 2. The number of hydrogen-bond donors (Lipinski definition) is 1. The van der Waals surface area contributed by atoms with Gasteiger partial charge in [-0.1, -0.05) is 12.1 Å². The summed E-state index contributed by atoms with van der Waals surface area (Å²) in [5.41, 5.74) is 0.591. The Kier molecular flexibility index (Phi) is 5.12. The van der Waals surface area contributed by atoms with Gasteiger partial charge in [0.05, 0.1) is 28.7 Å². The third kappa shape index (κ3) is 3.39. The minimum absolute atomic E-state index is 0.0844. The largest absolute Gasteiger partial charge is 0.569 e. The van der Waals surface area contributed by atoms with Crippen LogP contribution in [0.3, 0.4) is 0 Å². The van der Waals surface area contributed by atoms with E-state index in [0.29, 0.717) is 11.1 Å². The number of nitrogens with zero attached hydrogens (tertiary/aromatic N) is 4. The molecular weight excluding hydrogens is 304 g/mol. The summed E-state index contributed by atoms with van der Waals surface area (Å²) in [6.07, 6.45) is 0. The Balaban J connectivity index is 2.01. The number of imide groups is 1. The van der Waals surface area contributed by atoms with Crippen molar-refractivity contribution in [2.24, 2.45) is 5.28 Å². The van der Waals surface area contributed by atoms with Gasteiger partial charge in [0.1, 0.15) is 6.54 Å². The maximum Gasteiger partial charge on any atom is 0.264 e. The molecule has 1 aliphatic heterocycles. The molecular formula is C14H18N4O5. The van der Waals surface area contributed by atoms with Crippen LogP contribution < -0.4 is 0 Å². The summed E-state index contributed by atoms with van der Waals surface area (Å²) in [5, 5.41) is 25.2. The first kappa shape index (κ1) is 16.7. The van der Waals surface area contributed by atoms with Gasteiger partial charge in [-0.2, -0.15) is 0 Å². The van der Waals surface area contributed by atoms with Gasteiger partial charge in [-0.15, -0.1) is 5.01 Å². The molecule has 0 aromatic heterocycles. The molecule has 0 aliphatic carbocycles. The van der Waals surface area contributed by atoms with Crippen molar-refractivity contribution in [3.8, 4) is 0 Å². The second kappa shape index (κ2) is 7.05. The molecule has 2 rings (SSSR count). The Morgan fingerprint density at radius 1 is 1.30 bits per heavy atom. The number of carbonyl (C=O) groups is 2. The van der Waals surface area contributed by atoms with Crippen LogP contribution in [0.25, 0.3) is 0 Å². The number of rotatable bonds is 7. The van der Waals surface area contributed by atoms with Crippen molar-refractivity contribution in [2.75, 3.05) is 19.9 Å². The second-order valence-corrected chi connectivity index (χ2v) is 5.16. The molecule has 1 N–H and O–H groups in total. The lowest BCUT2D eigenvalue weighted by atomic mass is 10.1. The summed E-state index contributed by atoms with van der Waals surface area (Å²) in [6.45, 7) is 2.91. The zero-order chi connectivity index (χ0) is 17.0. The minimum atomic E-state index is -0.491. The lowest BCUT2D eigenvalue weighted by Crippen LogP contribution is -2.39. The normalized spacial score (nSPS) is 14.4. The Labute approximate surface area is 132 Å². The van der Waals surface area contributed by atoms with E-state index in [2.05, 4.69) is 5.28 Å². The number of hydrazine groups is 1. The van der Waals surface area contributed by atoms with Crippen LogP contribution in [-0.4, -0.2) is 57.7 Å². The Morgan fingerprint density at radius 3 is 2.35 bits per heavy atom. The van der Waals surface area contributed by atoms with Gasteiger partial charge < -0.3 is 15.2 Å². The van der Waals surface area contributed by atoms with E-state index >= 15 is 0 Å². The van der Waals surface area contributed by atoms with Gasteiger partial charge in [0, 0.05) is 0 Å². The van der Waals surface area contributed by atoms with Crippen LogP contribution in [0, 0.1) is 5.21 Å². The highest BCUT2D eigenvalue weighted by Crippen LogP contribution is 2.22. The number of fused-ring (bicyclic) bond motifs is 1. The molecule has 1 aliphatic rings. The molecule has 1 heterocycles. The van der Waals surface area contributed by atoms with Crippen molar-refractivity contribution in [3.63, 3.8) is 0 Å². The average Bonchev–Trinajstić information content (AvgIpc) is 2.77. The zero-order valence-corrected chi connectivity index (χ0v) is 12.9. The molecule has 0 atom stereocenters. The third-order valence-electron chi connectivity index (χ3n) is 3.34. The standard InChI is InChI=1S/C14H18N4O5/c1-10(2)17(7-8-19)18(22)15-23-9-16-13(20)11-5-3-4-6-12(11)14(16)21/h3-6,10,19H,7-9H2,1-2H3. The lowest BCUT2D eigenvalue weighted by Gasteiger charge is -2.20. The van der Waals surface area contributed by atoms with E-state index in [1.807, 2.05) is 0 Å². The summed E-state index contributed by atoms with van der Waals surface area (Å²) in [6, 6.07) is 6.22. The fourth-order valence-electron chi connectivity index (χ4n) is 2.18. The predicted octanol–water partition coefficient (Wildman–Crippen LogP) is 0.752. The van der Waals surface area contributed by atoms with Crippen LogP contribution in [-0.2, 0) is 4.84 Å². The van der Waals surface area contributed by atoms with E-state index in [1.165, 1.54) is 5.01 Å². The average molecular weight is 322 g/mol. The Hall–Kier alpha value is -2.68. The molecule has 9 heteroatoms. The first-order valence-electron chi connectivity index (χ1n) is 7.10. The Bertz CT molecular complexity index is 596. The zero-order valence-electron chi connectivity index (χ0n) is 12.9. The molecule has 0 radical (unpaired) electrons. The van der Waals surface area contributed by atoms with Crippen LogP contribution in [0.15, 0.2) is 29.5 Å². The summed E-state index contributed by atoms with van der Waals surface area (Å²) >= 11 is 0. The first-order chi connectivity index (χ1) is 11.0. The van der Waals surface area contributed by atoms with Crippen molar-refractivity contribution in [2.45, 2.75) is 19.9 Å². The van der Waals surface area contributed by atoms with Crippen molar-refractivity contribution in [1.82, 2.24) is 9.91 Å². The second-order valence-electron chi connectivity index (χ2n) is 5.16. The third-order valence-corrected chi connectivity index (χ3v) is 3.34. The highest BCUT2D eigenvalue weighted by molar-refractivity contribution is 6.21. The predicted molar refractivity (Wildman–Crippen MR) is 77.9 cm³/mol. The monoisotopic (exact) mass is 322 g/mol. The molecule has 0 saturated heterocycles. The van der Waals surface area contributed by atoms with Crippen LogP contribution in [0.4, 0.5) is 0 Å². The number of hydrogen-bond acceptors (Lipinski definition) is 6. The van der Waals surface area contributed by atoms with E-state index in [4.69, 9.17) is 9.94 Å². The molecule has 0 unspecified atom stereocenters. The Morgan fingerprint density at radius 2 is 1.87 bits per heavy atom. The van der Waals surface area contributed by atoms with Crippen molar-refractivity contribution in [3.05, 3.63) is 40.6 Å². The molecule has 0 spiro atoms. The highest BCUT2D eigenvalue weighted by Gasteiger charge is 2.35. The molecule has 124 valence electrons. The van der Waals surface area contributed by atoms with E-state index in [0.717, 1.165) is 4.90 Å². The van der Waals surface area contributed by atoms with Crippen LogP contribution >= 0.6 is 0 Å². The van der Waals surface area contributed by atoms with Crippen molar-refractivity contribution in [1.29, 1.82) is 0 Å². The number of aliphatic hydroxyl groups is 1. The van der Waals surface area contributed by atoms with E-state index < -0.39 is 18.5 Å². The molecule has 2 amide bonds.